The zero-order chi connectivity index (χ0) is 13.9. The van der Waals surface area contributed by atoms with Gasteiger partial charge in [-0.1, -0.05) is 30.3 Å². The van der Waals surface area contributed by atoms with Crippen molar-refractivity contribution >= 4 is 9.73 Å². The summed E-state index contributed by atoms with van der Waals surface area (Å²) in [6.45, 7) is 4.89. The molecule has 2 rings (SSSR count). The van der Waals surface area contributed by atoms with Crippen LogP contribution in [0, 0.1) is 0 Å². The molecule has 1 heterocycles. The molecule has 19 heavy (non-hydrogen) atoms. The predicted molar refractivity (Wildman–Crippen MR) is 81.5 cm³/mol. The van der Waals surface area contributed by atoms with E-state index in [1.54, 1.807) is 12.5 Å². The fraction of sp³-hybridized carbons (Fsp3) is 0.467. The van der Waals surface area contributed by atoms with Crippen LogP contribution >= 0.6 is 0 Å². The Morgan fingerprint density at radius 3 is 2.58 bits per heavy atom. The second-order valence-corrected chi connectivity index (χ2v) is 7.99. The maximum atomic E-state index is 11.8. The molecule has 0 unspecified atom stereocenters. The molecule has 1 aromatic carbocycles. The van der Waals surface area contributed by atoms with Gasteiger partial charge >= 0.3 is 0 Å². The topological polar surface area (TPSA) is 32.7 Å². The van der Waals surface area contributed by atoms with E-state index >= 15 is 0 Å². The van der Waals surface area contributed by atoms with Gasteiger partial charge in [0.25, 0.3) is 0 Å². The highest BCUT2D eigenvalue weighted by molar-refractivity contribution is 7.92. The summed E-state index contributed by atoms with van der Waals surface area (Å²) in [7, 11) is -2.06. The van der Waals surface area contributed by atoms with E-state index in [2.05, 4.69) is 40.5 Å². The first-order valence-electron chi connectivity index (χ1n) is 6.56. The second kappa shape index (κ2) is 5.88. The van der Waals surface area contributed by atoms with Gasteiger partial charge in [0.05, 0.1) is 5.70 Å². The predicted octanol–water partition coefficient (Wildman–Crippen LogP) is 2.89. The molecule has 3 nitrogen and oxygen atoms in total. The lowest BCUT2D eigenvalue weighted by Gasteiger charge is -2.28. The fourth-order valence-corrected chi connectivity index (χ4v) is 2.99. The van der Waals surface area contributed by atoms with E-state index in [1.807, 2.05) is 6.07 Å². The quantitative estimate of drug-likeness (QED) is 0.851. The molecular weight excluding hydrogens is 256 g/mol. The van der Waals surface area contributed by atoms with Crippen LogP contribution in [0.15, 0.2) is 46.0 Å². The molecule has 0 amide bonds. The Labute approximate surface area is 116 Å². The van der Waals surface area contributed by atoms with Crippen LogP contribution < -0.4 is 0 Å². The molecular formula is C15H22N2OS. The first kappa shape index (κ1) is 14.3. The minimum atomic E-state index is -2.06. The third-order valence-corrected chi connectivity index (χ3v) is 3.91. The Hall–Kier alpha value is -1.13. The second-order valence-electron chi connectivity index (χ2n) is 5.45. The van der Waals surface area contributed by atoms with Gasteiger partial charge in [0.2, 0.25) is 0 Å². The van der Waals surface area contributed by atoms with Crippen LogP contribution in [0.2, 0.25) is 0 Å². The van der Waals surface area contributed by atoms with Gasteiger partial charge in [-0.15, -0.1) is 0 Å². The Balaban J connectivity index is 2.11. The van der Waals surface area contributed by atoms with Crippen molar-refractivity contribution in [3.05, 3.63) is 47.2 Å². The van der Waals surface area contributed by atoms with E-state index in [0.717, 1.165) is 31.8 Å². The Morgan fingerprint density at radius 2 is 1.95 bits per heavy atom. The molecule has 0 radical (unpaired) electrons. The van der Waals surface area contributed by atoms with Crippen molar-refractivity contribution in [1.82, 2.24) is 4.90 Å². The third kappa shape index (κ3) is 4.48. The molecule has 0 fully saturated rings. The van der Waals surface area contributed by atoms with Gasteiger partial charge in [0.1, 0.15) is 0 Å². The van der Waals surface area contributed by atoms with Gasteiger partial charge in [-0.3, -0.25) is 4.90 Å². The molecule has 0 aliphatic carbocycles. The minimum absolute atomic E-state index is 0.805. The molecule has 104 valence electrons. The molecule has 0 N–H and O–H groups in total. The van der Waals surface area contributed by atoms with Gasteiger partial charge in [-0.05, 0) is 24.5 Å². The smallest absolute Gasteiger partial charge is 0.0634 e. The maximum absolute atomic E-state index is 11.8. The first-order chi connectivity index (χ1) is 8.94. The van der Waals surface area contributed by atoms with Crippen molar-refractivity contribution in [2.24, 2.45) is 4.36 Å². The van der Waals surface area contributed by atoms with E-state index < -0.39 is 9.73 Å². The molecule has 1 aromatic rings. The zero-order valence-corrected chi connectivity index (χ0v) is 12.7. The lowest BCUT2D eigenvalue weighted by Crippen LogP contribution is -2.30. The molecule has 0 spiro atoms. The van der Waals surface area contributed by atoms with Crippen LogP contribution in [-0.2, 0) is 16.3 Å². The normalized spacial score (nSPS) is 17.6. The highest BCUT2D eigenvalue weighted by Crippen LogP contribution is 2.21. The standard InChI is InChI=1S/C15H22N2OS/c1-13-9-10-17(11-14-7-5-4-6-8-14)12-15(13)16-19(2,3)18/h4-8H,9-12H2,1-3H3. The average Bonchev–Trinajstić information content (AvgIpc) is 2.33. The summed E-state index contributed by atoms with van der Waals surface area (Å²) in [6.07, 6.45) is 4.41. The Morgan fingerprint density at radius 1 is 1.26 bits per heavy atom. The molecule has 0 bridgehead atoms. The monoisotopic (exact) mass is 278 g/mol. The Bertz CT molecular complexity index is 575. The lowest BCUT2D eigenvalue weighted by atomic mass is 10.1. The summed E-state index contributed by atoms with van der Waals surface area (Å²) in [5.41, 5.74) is 3.60. The zero-order valence-electron chi connectivity index (χ0n) is 11.9. The maximum Gasteiger partial charge on any atom is 0.0634 e. The lowest BCUT2D eigenvalue weighted by molar-refractivity contribution is 0.276. The molecule has 4 heteroatoms. The number of hydrogen-bond donors (Lipinski definition) is 0. The largest absolute Gasteiger partial charge is 0.293 e. The van der Waals surface area contributed by atoms with Crippen molar-refractivity contribution in [3.63, 3.8) is 0 Å². The van der Waals surface area contributed by atoms with Crippen molar-refractivity contribution in [3.8, 4) is 0 Å². The van der Waals surface area contributed by atoms with E-state index in [9.17, 15) is 4.21 Å². The summed E-state index contributed by atoms with van der Waals surface area (Å²) in [4.78, 5) is 2.37. The SMILES string of the molecule is CC1=C(N=S(C)(C)=O)CN(Cc2ccccc2)CC1. The summed E-state index contributed by atoms with van der Waals surface area (Å²) >= 11 is 0. The van der Waals surface area contributed by atoms with Gasteiger partial charge in [-0.2, -0.15) is 0 Å². The highest BCUT2D eigenvalue weighted by atomic mass is 32.2. The molecule has 0 saturated heterocycles. The van der Waals surface area contributed by atoms with E-state index in [-0.39, 0.29) is 0 Å². The highest BCUT2D eigenvalue weighted by Gasteiger charge is 2.17. The molecule has 0 aromatic heterocycles. The van der Waals surface area contributed by atoms with Crippen molar-refractivity contribution < 1.29 is 4.21 Å². The molecule has 0 saturated carbocycles. The third-order valence-electron chi connectivity index (χ3n) is 3.25. The van der Waals surface area contributed by atoms with Crippen LogP contribution in [0.3, 0.4) is 0 Å². The average molecular weight is 278 g/mol. The summed E-state index contributed by atoms with van der Waals surface area (Å²) < 4.78 is 16.3. The summed E-state index contributed by atoms with van der Waals surface area (Å²) in [6, 6.07) is 10.5. The van der Waals surface area contributed by atoms with Crippen LogP contribution in [-0.4, -0.2) is 34.7 Å². The van der Waals surface area contributed by atoms with Gasteiger partial charge < -0.3 is 0 Å². The van der Waals surface area contributed by atoms with Crippen molar-refractivity contribution in [2.45, 2.75) is 19.9 Å². The van der Waals surface area contributed by atoms with Crippen LogP contribution in [0.4, 0.5) is 0 Å². The fourth-order valence-electron chi connectivity index (χ4n) is 2.24. The van der Waals surface area contributed by atoms with Crippen molar-refractivity contribution in [1.29, 1.82) is 0 Å². The number of hydrogen-bond acceptors (Lipinski definition) is 3. The van der Waals surface area contributed by atoms with E-state index in [1.165, 1.54) is 11.1 Å². The van der Waals surface area contributed by atoms with Crippen LogP contribution in [0.5, 0.6) is 0 Å². The molecule has 1 aliphatic heterocycles. The molecule has 1 aliphatic rings. The van der Waals surface area contributed by atoms with Gasteiger partial charge in [0.15, 0.2) is 0 Å². The van der Waals surface area contributed by atoms with Crippen LogP contribution in [0.25, 0.3) is 0 Å². The van der Waals surface area contributed by atoms with Gasteiger partial charge in [0, 0.05) is 41.9 Å². The number of rotatable bonds is 3. The van der Waals surface area contributed by atoms with E-state index in [0.29, 0.717) is 0 Å². The number of nitrogens with zero attached hydrogens (tertiary/aromatic N) is 2. The first-order valence-corrected chi connectivity index (χ1v) is 8.89. The number of benzene rings is 1. The molecule has 0 atom stereocenters. The van der Waals surface area contributed by atoms with Gasteiger partial charge in [-0.25, -0.2) is 8.57 Å². The summed E-state index contributed by atoms with van der Waals surface area (Å²) in [5, 5.41) is 0. The summed E-state index contributed by atoms with van der Waals surface area (Å²) in [5.74, 6) is 0. The Kier molecular flexibility index (Phi) is 4.42. The van der Waals surface area contributed by atoms with E-state index in [4.69, 9.17) is 0 Å². The van der Waals surface area contributed by atoms with Crippen molar-refractivity contribution in [2.75, 3.05) is 25.6 Å². The van der Waals surface area contributed by atoms with Crippen LogP contribution in [0.1, 0.15) is 18.9 Å². The minimum Gasteiger partial charge on any atom is -0.293 e.